The van der Waals surface area contributed by atoms with Crippen molar-refractivity contribution in [3.63, 3.8) is 0 Å². The van der Waals surface area contributed by atoms with Gasteiger partial charge in [0, 0.05) is 18.5 Å². The van der Waals surface area contributed by atoms with Crippen molar-refractivity contribution in [1.82, 2.24) is 20.5 Å². The summed E-state index contributed by atoms with van der Waals surface area (Å²) in [6, 6.07) is 4.19. The van der Waals surface area contributed by atoms with Crippen LogP contribution in [0.2, 0.25) is 0 Å². The summed E-state index contributed by atoms with van der Waals surface area (Å²) < 4.78 is 13.6. The van der Waals surface area contributed by atoms with Crippen LogP contribution in [-0.2, 0) is 6.42 Å². The van der Waals surface area contributed by atoms with Gasteiger partial charge in [-0.2, -0.15) is 5.10 Å². The SMILES string of the molecule is O=C(NCCCc1n[nH]c(=O)[nH]1)c1ccc(Br)c(F)c1. The molecule has 0 bridgehead atoms. The van der Waals surface area contributed by atoms with Crippen LogP contribution in [0, 0.1) is 5.82 Å². The molecule has 0 radical (unpaired) electrons. The Kier molecular flexibility index (Phi) is 4.67. The second-order valence-corrected chi connectivity index (χ2v) is 4.97. The van der Waals surface area contributed by atoms with Gasteiger partial charge in [-0.25, -0.2) is 14.3 Å². The Morgan fingerprint density at radius 3 is 2.90 bits per heavy atom. The van der Waals surface area contributed by atoms with Gasteiger partial charge in [0.2, 0.25) is 0 Å². The number of halogens is 2. The van der Waals surface area contributed by atoms with Crippen molar-refractivity contribution in [2.75, 3.05) is 6.54 Å². The van der Waals surface area contributed by atoms with Crippen LogP contribution in [-0.4, -0.2) is 27.6 Å². The van der Waals surface area contributed by atoms with E-state index in [9.17, 15) is 14.0 Å². The maximum absolute atomic E-state index is 13.3. The Balaban J connectivity index is 1.80. The molecule has 0 aliphatic rings. The molecule has 6 nitrogen and oxygen atoms in total. The zero-order valence-corrected chi connectivity index (χ0v) is 12.0. The first kappa shape index (κ1) is 14.4. The molecule has 2 rings (SSSR count). The predicted molar refractivity (Wildman–Crippen MR) is 74.0 cm³/mol. The van der Waals surface area contributed by atoms with Crippen LogP contribution in [0.1, 0.15) is 22.6 Å². The maximum Gasteiger partial charge on any atom is 0.340 e. The third-order valence-electron chi connectivity index (χ3n) is 2.61. The fourth-order valence-corrected chi connectivity index (χ4v) is 1.87. The number of rotatable bonds is 5. The molecule has 3 N–H and O–H groups in total. The molecule has 0 saturated heterocycles. The predicted octanol–water partition coefficient (Wildman–Crippen LogP) is 1.36. The minimum absolute atomic E-state index is 0.263. The standard InChI is InChI=1S/C12H12BrFN4O2/c13-8-4-3-7(6-9(8)14)11(19)15-5-1-2-10-16-12(20)18-17-10/h3-4,6H,1-2,5H2,(H,15,19)(H2,16,17,18,20). The van der Waals surface area contributed by atoms with E-state index in [4.69, 9.17) is 0 Å². The van der Waals surface area contributed by atoms with E-state index < -0.39 is 5.82 Å². The molecule has 8 heteroatoms. The van der Waals surface area contributed by atoms with Crippen LogP contribution >= 0.6 is 15.9 Å². The van der Waals surface area contributed by atoms with Crippen molar-refractivity contribution in [2.45, 2.75) is 12.8 Å². The number of nitrogens with zero attached hydrogens (tertiary/aromatic N) is 1. The fourth-order valence-electron chi connectivity index (χ4n) is 1.62. The van der Waals surface area contributed by atoms with E-state index >= 15 is 0 Å². The summed E-state index contributed by atoms with van der Waals surface area (Å²) in [5.41, 5.74) is -0.0896. The lowest BCUT2D eigenvalue weighted by atomic mass is 10.2. The Labute approximate surface area is 121 Å². The van der Waals surface area contributed by atoms with Crippen molar-refractivity contribution < 1.29 is 9.18 Å². The van der Waals surface area contributed by atoms with E-state index in [1.165, 1.54) is 18.2 Å². The van der Waals surface area contributed by atoms with Crippen molar-refractivity contribution in [1.29, 1.82) is 0 Å². The quantitative estimate of drug-likeness (QED) is 0.716. The Bertz CT molecular complexity index is 667. The van der Waals surface area contributed by atoms with Gasteiger partial charge in [0.15, 0.2) is 0 Å². The Hall–Kier alpha value is -1.96. The minimum atomic E-state index is -0.480. The Morgan fingerprint density at radius 1 is 1.45 bits per heavy atom. The van der Waals surface area contributed by atoms with Crippen molar-refractivity contribution in [3.05, 3.63) is 50.4 Å². The highest BCUT2D eigenvalue weighted by atomic mass is 79.9. The highest BCUT2D eigenvalue weighted by Gasteiger charge is 2.08. The average Bonchev–Trinajstić information content (AvgIpc) is 2.83. The van der Waals surface area contributed by atoms with Crippen molar-refractivity contribution >= 4 is 21.8 Å². The number of amides is 1. The van der Waals surface area contributed by atoms with E-state index in [0.29, 0.717) is 29.7 Å². The zero-order valence-electron chi connectivity index (χ0n) is 10.4. The Morgan fingerprint density at radius 2 is 2.25 bits per heavy atom. The summed E-state index contributed by atoms with van der Waals surface area (Å²) in [7, 11) is 0. The van der Waals surface area contributed by atoms with Crippen molar-refractivity contribution in [3.8, 4) is 0 Å². The summed E-state index contributed by atoms with van der Waals surface area (Å²) in [4.78, 5) is 25.1. The maximum atomic E-state index is 13.3. The van der Waals surface area contributed by atoms with E-state index in [1.54, 1.807) is 0 Å². The number of aryl methyl sites for hydroxylation is 1. The number of benzene rings is 1. The highest BCUT2D eigenvalue weighted by Crippen LogP contribution is 2.16. The van der Waals surface area contributed by atoms with Crippen LogP contribution in [0.4, 0.5) is 4.39 Å². The molecule has 0 aliphatic carbocycles. The highest BCUT2D eigenvalue weighted by molar-refractivity contribution is 9.10. The minimum Gasteiger partial charge on any atom is -0.352 e. The number of hydrogen-bond donors (Lipinski definition) is 3. The monoisotopic (exact) mass is 342 g/mol. The summed E-state index contributed by atoms with van der Waals surface area (Å²) >= 11 is 3.02. The van der Waals surface area contributed by atoms with Crippen LogP contribution < -0.4 is 11.0 Å². The molecular formula is C12H12BrFN4O2. The fraction of sp³-hybridized carbons (Fsp3) is 0.250. The van der Waals surface area contributed by atoms with Gasteiger partial charge >= 0.3 is 5.69 Å². The smallest absolute Gasteiger partial charge is 0.340 e. The molecule has 0 fully saturated rings. The van der Waals surface area contributed by atoms with E-state index in [-0.39, 0.29) is 17.2 Å². The molecule has 106 valence electrons. The van der Waals surface area contributed by atoms with Gasteiger partial charge < -0.3 is 5.32 Å². The molecular weight excluding hydrogens is 331 g/mol. The van der Waals surface area contributed by atoms with Gasteiger partial charge in [-0.15, -0.1) is 0 Å². The van der Waals surface area contributed by atoms with Gasteiger partial charge in [0.1, 0.15) is 11.6 Å². The first-order valence-corrected chi connectivity index (χ1v) is 6.72. The third kappa shape index (κ3) is 3.77. The third-order valence-corrected chi connectivity index (χ3v) is 3.25. The summed E-state index contributed by atoms with van der Waals surface area (Å²) in [5, 5.41) is 8.68. The number of aromatic amines is 2. The molecule has 20 heavy (non-hydrogen) atoms. The topological polar surface area (TPSA) is 90.6 Å². The van der Waals surface area contributed by atoms with Gasteiger partial charge in [-0.1, -0.05) is 0 Å². The molecule has 0 spiro atoms. The lowest BCUT2D eigenvalue weighted by Crippen LogP contribution is -2.25. The molecule has 2 aromatic rings. The average molecular weight is 343 g/mol. The first-order valence-electron chi connectivity index (χ1n) is 5.93. The van der Waals surface area contributed by atoms with Crippen LogP contribution in [0.3, 0.4) is 0 Å². The van der Waals surface area contributed by atoms with Crippen LogP contribution in [0.25, 0.3) is 0 Å². The number of nitrogens with one attached hydrogen (secondary N) is 3. The molecule has 1 amide bonds. The molecule has 1 aromatic carbocycles. The number of hydrogen-bond acceptors (Lipinski definition) is 3. The normalized spacial score (nSPS) is 10.5. The van der Waals surface area contributed by atoms with E-state index in [2.05, 4.69) is 36.4 Å². The summed E-state index contributed by atoms with van der Waals surface area (Å²) in [6.07, 6.45) is 1.15. The second kappa shape index (κ2) is 6.47. The first-order chi connectivity index (χ1) is 9.56. The molecule has 0 saturated carbocycles. The van der Waals surface area contributed by atoms with Gasteiger partial charge in [0.25, 0.3) is 5.91 Å². The summed E-state index contributed by atoms with van der Waals surface area (Å²) in [6.45, 7) is 0.408. The van der Waals surface area contributed by atoms with Gasteiger partial charge in [-0.05, 0) is 40.5 Å². The summed E-state index contributed by atoms with van der Waals surface area (Å²) in [5.74, 6) is -0.280. The van der Waals surface area contributed by atoms with E-state index in [1.807, 2.05) is 0 Å². The molecule has 1 aromatic heterocycles. The van der Waals surface area contributed by atoms with Gasteiger partial charge in [-0.3, -0.25) is 9.78 Å². The number of carbonyl (C=O) groups is 1. The van der Waals surface area contributed by atoms with Crippen LogP contribution in [0.15, 0.2) is 27.5 Å². The number of H-pyrrole nitrogens is 2. The molecule has 0 atom stereocenters. The molecule has 0 unspecified atom stereocenters. The number of carbonyl (C=O) groups excluding carboxylic acids is 1. The van der Waals surface area contributed by atoms with Crippen molar-refractivity contribution in [2.24, 2.45) is 0 Å². The molecule has 1 heterocycles. The number of aromatic nitrogens is 3. The molecule has 0 aliphatic heterocycles. The second-order valence-electron chi connectivity index (χ2n) is 4.11. The zero-order chi connectivity index (χ0) is 14.5. The largest absolute Gasteiger partial charge is 0.352 e. The van der Waals surface area contributed by atoms with E-state index in [0.717, 1.165) is 0 Å². The lowest BCUT2D eigenvalue weighted by Gasteiger charge is -2.05. The van der Waals surface area contributed by atoms with Crippen LogP contribution in [0.5, 0.6) is 0 Å². The van der Waals surface area contributed by atoms with Gasteiger partial charge in [0.05, 0.1) is 4.47 Å². The lowest BCUT2D eigenvalue weighted by molar-refractivity contribution is 0.0952.